The van der Waals surface area contributed by atoms with Crippen molar-refractivity contribution in [3.8, 4) is 0 Å². The number of nitrogens with one attached hydrogen (secondary N) is 1. The molecule has 1 heterocycles. The van der Waals surface area contributed by atoms with Gasteiger partial charge in [0.1, 0.15) is 0 Å². The van der Waals surface area contributed by atoms with Crippen molar-refractivity contribution in [1.29, 1.82) is 0 Å². The van der Waals surface area contributed by atoms with Gasteiger partial charge in [-0.25, -0.2) is 4.98 Å². The van der Waals surface area contributed by atoms with Gasteiger partial charge in [-0.2, -0.15) is 0 Å². The number of likely N-dealkylation sites (N-methyl/N-ethyl adjacent to an activating group) is 1. The molecule has 2 rings (SSSR count). The highest BCUT2D eigenvalue weighted by molar-refractivity contribution is 5.29. The summed E-state index contributed by atoms with van der Waals surface area (Å²) in [4.78, 5) is 6.81. The van der Waals surface area contributed by atoms with Crippen molar-refractivity contribution in [3.05, 3.63) is 11.9 Å². The fraction of sp³-hybridized carbons (Fsp3) is 0.750. The minimum absolute atomic E-state index is 0.347. The topological polar surface area (TPSA) is 33.1 Å². The first-order valence-electron chi connectivity index (χ1n) is 5.95. The van der Waals surface area contributed by atoms with Gasteiger partial charge in [-0.15, -0.1) is 0 Å². The quantitative estimate of drug-likeness (QED) is 0.840. The predicted octanol–water partition coefficient (Wildman–Crippen LogP) is 1.62. The molecule has 1 fully saturated rings. The zero-order chi connectivity index (χ0) is 11.8. The van der Waals surface area contributed by atoms with E-state index in [0.717, 1.165) is 18.2 Å². The molecule has 0 unspecified atom stereocenters. The molecule has 1 aromatic heterocycles. The molecule has 0 bridgehead atoms. The smallest absolute Gasteiger partial charge is 0.202 e. The first-order chi connectivity index (χ1) is 7.53. The Bertz CT molecular complexity index is 363. The molecule has 1 saturated carbocycles. The molecule has 0 radical (unpaired) electrons. The summed E-state index contributed by atoms with van der Waals surface area (Å²) in [5.74, 6) is 0.977. The zero-order valence-corrected chi connectivity index (χ0v) is 10.7. The molecule has 0 atom stereocenters. The molecule has 4 nitrogen and oxygen atoms in total. The third kappa shape index (κ3) is 1.94. The summed E-state index contributed by atoms with van der Waals surface area (Å²) < 4.78 is 2.05. The number of anilines is 1. The molecule has 90 valence electrons. The van der Waals surface area contributed by atoms with Gasteiger partial charge in [0.25, 0.3) is 0 Å². The van der Waals surface area contributed by atoms with Gasteiger partial charge in [-0.1, -0.05) is 0 Å². The fourth-order valence-corrected chi connectivity index (χ4v) is 2.39. The molecule has 1 N–H and O–H groups in total. The van der Waals surface area contributed by atoms with E-state index in [9.17, 15) is 0 Å². The van der Waals surface area contributed by atoms with Gasteiger partial charge in [-0.3, -0.25) is 0 Å². The SMILES string of the molecule is Cc1cn(C)c(NCC2(N(C)C)CCC2)n1. The van der Waals surface area contributed by atoms with Crippen LogP contribution in [0.25, 0.3) is 0 Å². The zero-order valence-electron chi connectivity index (χ0n) is 10.7. The summed E-state index contributed by atoms with van der Waals surface area (Å²) in [5, 5.41) is 3.47. The Morgan fingerprint density at radius 3 is 2.56 bits per heavy atom. The van der Waals surface area contributed by atoms with E-state index in [1.54, 1.807) is 0 Å². The highest BCUT2D eigenvalue weighted by atomic mass is 15.2. The van der Waals surface area contributed by atoms with Crippen molar-refractivity contribution >= 4 is 5.95 Å². The molecule has 0 spiro atoms. The van der Waals surface area contributed by atoms with E-state index in [0.29, 0.717) is 5.54 Å². The lowest BCUT2D eigenvalue weighted by atomic mass is 9.75. The lowest BCUT2D eigenvalue weighted by molar-refractivity contribution is 0.0737. The number of aromatic nitrogens is 2. The monoisotopic (exact) mass is 222 g/mol. The van der Waals surface area contributed by atoms with E-state index >= 15 is 0 Å². The Kier molecular flexibility index (Phi) is 2.93. The number of rotatable bonds is 4. The highest BCUT2D eigenvalue weighted by Gasteiger charge is 2.38. The number of hydrogen-bond donors (Lipinski definition) is 1. The van der Waals surface area contributed by atoms with E-state index in [1.807, 2.05) is 20.2 Å². The maximum Gasteiger partial charge on any atom is 0.202 e. The second kappa shape index (κ2) is 4.09. The van der Waals surface area contributed by atoms with Crippen LogP contribution in [0.15, 0.2) is 6.20 Å². The van der Waals surface area contributed by atoms with E-state index in [1.165, 1.54) is 19.3 Å². The summed E-state index contributed by atoms with van der Waals surface area (Å²) >= 11 is 0. The lowest BCUT2D eigenvalue weighted by Crippen LogP contribution is -2.54. The van der Waals surface area contributed by atoms with Gasteiger partial charge in [0.2, 0.25) is 5.95 Å². The molecule has 1 aliphatic carbocycles. The molecule has 0 aromatic carbocycles. The lowest BCUT2D eigenvalue weighted by Gasteiger charge is -2.47. The average Bonchev–Trinajstić information content (AvgIpc) is 2.42. The first kappa shape index (κ1) is 11.5. The molecule has 16 heavy (non-hydrogen) atoms. The van der Waals surface area contributed by atoms with Crippen molar-refractivity contribution in [2.75, 3.05) is 26.0 Å². The Labute approximate surface area is 97.7 Å². The molecule has 4 heteroatoms. The van der Waals surface area contributed by atoms with Crippen molar-refractivity contribution in [2.45, 2.75) is 31.7 Å². The molecule has 0 saturated heterocycles. The Morgan fingerprint density at radius 2 is 2.19 bits per heavy atom. The van der Waals surface area contributed by atoms with Crippen LogP contribution in [0.1, 0.15) is 25.0 Å². The third-order valence-corrected chi connectivity index (χ3v) is 3.81. The van der Waals surface area contributed by atoms with Crippen LogP contribution >= 0.6 is 0 Å². The van der Waals surface area contributed by atoms with Crippen LogP contribution < -0.4 is 5.32 Å². The standard InChI is InChI=1S/C12H22N4/c1-10-8-16(4)11(14-10)13-9-12(15(2)3)6-5-7-12/h8H,5-7,9H2,1-4H3,(H,13,14). The fourth-order valence-electron chi connectivity index (χ4n) is 2.39. The largest absolute Gasteiger partial charge is 0.354 e. The summed E-state index contributed by atoms with van der Waals surface area (Å²) in [5.41, 5.74) is 1.41. The Balaban J connectivity index is 1.99. The summed E-state index contributed by atoms with van der Waals surface area (Å²) in [7, 11) is 6.38. The number of nitrogens with zero attached hydrogens (tertiary/aromatic N) is 3. The van der Waals surface area contributed by atoms with Crippen LogP contribution in [-0.2, 0) is 7.05 Å². The Morgan fingerprint density at radius 1 is 1.50 bits per heavy atom. The van der Waals surface area contributed by atoms with Crippen LogP contribution in [0.3, 0.4) is 0 Å². The summed E-state index contributed by atoms with van der Waals surface area (Å²) in [6.45, 7) is 3.01. The van der Waals surface area contributed by atoms with Crippen molar-refractivity contribution < 1.29 is 0 Å². The van der Waals surface area contributed by atoms with E-state index in [4.69, 9.17) is 0 Å². The van der Waals surface area contributed by atoms with Gasteiger partial charge in [0, 0.05) is 25.3 Å². The van der Waals surface area contributed by atoms with Crippen LogP contribution in [0, 0.1) is 6.92 Å². The minimum atomic E-state index is 0.347. The van der Waals surface area contributed by atoms with E-state index in [2.05, 4.69) is 33.9 Å². The van der Waals surface area contributed by atoms with Gasteiger partial charge < -0.3 is 14.8 Å². The number of aryl methyl sites for hydroxylation is 2. The molecular weight excluding hydrogens is 200 g/mol. The van der Waals surface area contributed by atoms with Gasteiger partial charge in [0.15, 0.2) is 0 Å². The van der Waals surface area contributed by atoms with Crippen molar-refractivity contribution in [2.24, 2.45) is 7.05 Å². The Hall–Kier alpha value is -1.03. The molecular formula is C12H22N4. The number of imidazole rings is 1. The second-order valence-corrected chi connectivity index (χ2v) is 5.14. The van der Waals surface area contributed by atoms with E-state index in [-0.39, 0.29) is 0 Å². The predicted molar refractivity (Wildman–Crippen MR) is 66.7 cm³/mol. The molecule has 1 aromatic rings. The van der Waals surface area contributed by atoms with Gasteiger partial charge in [-0.05, 0) is 40.3 Å². The van der Waals surface area contributed by atoms with Crippen LogP contribution in [0.4, 0.5) is 5.95 Å². The minimum Gasteiger partial charge on any atom is -0.354 e. The maximum absolute atomic E-state index is 4.46. The first-order valence-corrected chi connectivity index (χ1v) is 5.95. The highest BCUT2D eigenvalue weighted by Crippen LogP contribution is 2.36. The maximum atomic E-state index is 4.46. The van der Waals surface area contributed by atoms with Crippen LogP contribution in [0.2, 0.25) is 0 Å². The molecule has 0 amide bonds. The second-order valence-electron chi connectivity index (χ2n) is 5.14. The van der Waals surface area contributed by atoms with E-state index < -0.39 is 0 Å². The normalized spacial score (nSPS) is 18.6. The van der Waals surface area contributed by atoms with Gasteiger partial charge >= 0.3 is 0 Å². The summed E-state index contributed by atoms with van der Waals surface area (Å²) in [6.07, 6.45) is 5.97. The molecule has 1 aliphatic rings. The number of hydrogen-bond acceptors (Lipinski definition) is 3. The van der Waals surface area contributed by atoms with Crippen molar-refractivity contribution in [1.82, 2.24) is 14.5 Å². The van der Waals surface area contributed by atoms with Crippen LogP contribution in [-0.4, -0.2) is 40.6 Å². The van der Waals surface area contributed by atoms with Crippen molar-refractivity contribution in [3.63, 3.8) is 0 Å². The summed E-state index contributed by atoms with van der Waals surface area (Å²) in [6, 6.07) is 0. The third-order valence-electron chi connectivity index (χ3n) is 3.81. The van der Waals surface area contributed by atoms with Gasteiger partial charge in [0.05, 0.1) is 5.69 Å². The molecule has 0 aliphatic heterocycles. The average molecular weight is 222 g/mol. The van der Waals surface area contributed by atoms with Crippen LogP contribution in [0.5, 0.6) is 0 Å².